The molecule has 168 valence electrons. The van der Waals surface area contributed by atoms with E-state index in [4.69, 9.17) is 4.74 Å². The second-order valence-electron chi connectivity index (χ2n) is 7.37. The molecule has 2 N–H and O–H groups in total. The standard InChI is InChI=1S/C23H27N5O3S/c1-15-7-5-6-8-19(15)25-21(30)14-32-23-27-26-22(28(23)3)16(2)24-20(29)13-17-9-11-18(31-4)12-10-17/h5-12,16H,13-14H2,1-4H3,(H,24,29)(H,25,30). The molecule has 0 radical (unpaired) electrons. The van der Waals surface area contributed by atoms with Gasteiger partial charge in [-0.25, -0.2) is 0 Å². The van der Waals surface area contributed by atoms with Crippen molar-refractivity contribution in [2.24, 2.45) is 7.05 Å². The van der Waals surface area contributed by atoms with Crippen LogP contribution in [0.5, 0.6) is 5.75 Å². The Kier molecular flexibility index (Phi) is 7.88. The average Bonchev–Trinajstić information content (AvgIpc) is 3.15. The van der Waals surface area contributed by atoms with E-state index in [9.17, 15) is 9.59 Å². The third-order valence-electron chi connectivity index (χ3n) is 4.91. The van der Waals surface area contributed by atoms with Gasteiger partial charge in [-0.1, -0.05) is 42.1 Å². The number of anilines is 1. The molecule has 0 aliphatic heterocycles. The van der Waals surface area contributed by atoms with Crippen molar-refractivity contribution in [3.8, 4) is 5.75 Å². The number of carbonyl (C=O) groups is 2. The number of hydrogen-bond acceptors (Lipinski definition) is 6. The fourth-order valence-corrected chi connectivity index (χ4v) is 3.86. The van der Waals surface area contributed by atoms with Gasteiger partial charge >= 0.3 is 0 Å². The Hall–Kier alpha value is -3.33. The highest BCUT2D eigenvalue weighted by atomic mass is 32.2. The Morgan fingerprint density at radius 3 is 2.50 bits per heavy atom. The van der Waals surface area contributed by atoms with Crippen LogP contribution >= 0.6 is 11.8 Å². The molecule has 0 aliphatic carbocycles. The van der Waals surface area contributed by atoms with E-state index in [1.807, 2.05) is 69.4 Å². The maximum atomic E-state index is 12.4. The van der Waals surface area contributed by atoms with Crippen molar-refractivity contribution in [3.63, 3.8) is 0 Å². The van der Waals surface area contributed by atoms with Gasteiger partial charge in [-0.2, -0.15) is 0 Å². The van der Waals surface area contributed by atoms with Gasteiger partial charge < -0.3 is 19.9 Å². The first kappa shape index (κ1) is 23.3. The zero-order valence-electron chi connectivity index (χ0n) is 18.6. The first-order valence-corrected chi connectivity index (χ1v) is 11.2. The summed E-state index contributed by atoms with van der Waals surface area (Å²) in [6.45, 7) is 3.80. The average molecular weight is 454 g/mol. The number of nitrogens with zero attached hydrogens (tertiary/aromatic N) is 3. The van der Waals surface area contributed by atoms with Crippen LogP contribution in [0, 0.1) is 6.92 Å². The summed E-state index contributed by atoms with van der Waals surface area (Å²) in [7, 11) is 3.43. The van der Waals surface area contributed by atoms with E-state index in [-0.39, 0.29) is 30.0 Å². The number of hydrogen-bond donors (Lipinski definition) is 2. The van der Waals surface area contributed by atoms with Crippen LogP contribution in [0.1, 0.15) is 29.9 Å². The molecule has 0 aliphatic rings. The molecular formula is C23H27N5O3S. The number of benzene rings is 2. The van der Waals surface area contributed by atoms with Crippen LogP contribution in [-0.4, -0.2) is 39.4 Å². The maximum Gasteiger partial charge on any atom is 0.234 e. The first-order chi connectivity index (χ1) is 15.4. The summed E-state index contributed by atoms with van der Waals surface area (Å²) in [6, 6.07) is 14.7. The number of rotatable bonds is 9. The van der Waals surface area contributed by atoms with Gasteiger partial charge in [-0.3, -0.25) is 9.59 Å². The molecule has 3 rings (SSSR count). The number of ether oxygens (including phenoxy) is 1. The van der Waals surface area contributed by atoms with Crippen LogP contribution in [-0.2, 0) is 23.1 Å². The number of nitrogens with one attached hydrogen (secondary N) is 2. The lowest BCUT2D eigenvalue weighted by Gasteiger charge is -2.14. The van der Waals surface area contributed by atoms with Crippen molar-refractivity contribution in [3.05, 3.63) is 65.5 Å². The van der Waals surface area contributed by atoms with Gasteiger partial charge in [-0.05, 0) is 43.2 Å². The van der Waals surface area contributed by atoms with Crippen molar-refractivity contribution in [1.29, 1.82) is 0 Å². The van der Waals surface area contributed by atoms with Crippen LogP contribution < -0.4 is 15.4 Å². The van der Waals surface area contributed by atoms with Crippen LogP contribution in [0.4, 0.5) is 5.69 Å². The minimum atomic E-state index is -0.326. The zero-order chi connectivity index (χ0) is 23.1. The summed E-state index contributed by atoms with van der Waals surface area (Å²) < 4.78 is 6.93. The van der Waals surface area contributed by atoms with Crippen molar-refractivity contribution >= 4 is 29.3 Å². The van der Waals surface area contributed by atoms with Crippen LogP contribution in [0.15, 0.2) is 53.7 Å². The van der Waals surface area contributed by atoms with Gasteiger partial charge in [0.25, 0.3) is 0 Å². The largest absolute Gasteiger partial charge is 0.497 e. The number of methoxy groups -OCH3 is 1. The van der Waals surface area contributed by atoms with Crippen molar-refractivity contribution < 1.29 is 14.3 Å². The Morgan fingerprint density at radius 2 is 1.81 bits per heavy atom. The van der Waals surface area contributed by atoms with E-state index in [1.54, 1.807) is 11.7 Å². The lowest BCUT2D eigenvalue weighted by atomic mass is 10.1. The predicted molar refractivity (Wildman–Crippen MR) is 125 cm³/mol. The first-order valence-electron chi connectivity index (χ1n) is 10.2. The second-order valence-corrected chi connectivity index (χ2v) is 8.31. The molecular weight excluding hydrogens is 426 g/mol. The van der Waals surface area contributed by atoms with E-state index >= 15 is 0 Å². The van der Waals surface area contributed by atoms with Gasteiger partial charge in [-0.15, -0.1) is 10.2 Å². The number of carbonyl (C=O) groups excluding carboxylic acids is 2. The molecule has 9 heteroatoms. The zero-order valence-corrected chi connectivity index (χ0v) is 19.4. The molecule has 2 aromatic carbocycles. The molecule has 0 saturated carbocycles. The van der Waals surface area contributed by atoms with Crippen molar-refractivity contribution in [2.75, 3.05) is 18.2 Å². The number of aromatic nitrogens is 3. The molecule has 3 aromatic rings. The molecule has 0 bridgehead atoms. The maximum absolute atomic E-state index is 12.4. The minimum absolute atomic E-state index is 0.113. The SMILES string of the molecule is COc1ccc(CC(=O)NC(C)c2nnc(SCC(=O)Nc3ccccc3C)n2C)cc1. The molecule has 0 fully saturated rings. The normalized spacial score (nSPS) is 11.6. The third kappa shape index (κ3) is 6.10. The highest BCUT2D eigenvalue weighted by molar-refractivity contribution is 7.99. The van der Waals surface area contributed by atoms with E-state index in [0.717, 1.165) is 22.6 Å². The summed E-state index contributed by atoms with van der Waals surface area (Å²) in [4.78, 5) is 24.7. The summed E-state index contributed by atoms with van der Waals surface area (Å²) in [5.74, 6) is 1.35. The monoisotopic (exact) mass is 453 g/mol. The number of para-hydroxylation sites is 1. The number of thioether (sulfide) groups is 1. The predicted octanol–water partition coefficient (Wildman–Crippen LogP) is 3.28. The number of aryl methyl sites for hydroxylation is 1. The second kappa shape index (κ2) is 10.8. The molecule has 1 unspecified atom stereocenters. The molecule has 1 aromatic heterocycles. The summed E-state index contributed by atoms with van der Waals surface area (Å²) in [5, 5.41) is 14.8. The molecule has 0 spiro atoms. The summed E-state index contributed by atoms with van der Waals surface area (Å²) in [5.41, 5.74) is 2.69. The van der Waals surface area contributed by atoms with Gasteiger partial charge in [0, 0.05) is 12.7 Å². The quantitative estimate of drug-likeness (QED) is 0.483. The highest BCUT2D eigenvalue weighted by Gasteiger charge is 2.18. The van der Waals surface area contributed by atoms with Gasteiger partial charge in [0.05, 0.1) is 25.3 Å². The van der Waals surface area contributed by atoms with E-state index in [2.05, 4.69) is 20.8 Å². The lowest BCUT2D eigenvalue weighted by Crippen LogP contribution is -2.29. The van der Waals surface area contributed by atoms with E-state index in [0.29, 0.717) is 11.0 Å². The van der Waals surface area contributed by atoms with Gasteiger partial charge in [0.15, 0.2) is 11.0 Å². The molecule has 1 heterocycles. The lowest BCUT2D eigenvalue weighted by molar-refractivity contribution is -0.121. The topological polar surface area (TPSA) is 98.1 Å². The molecule has 2 amide bonds. The molecule has 1 atom stereocenters. The Labute approximate surface area is 191 Å². The third-order valence-corrected chi connectivity index (χ3v) is 5.93. The molecule has 8 nitrogen and oxygen atoms in total. The van der Waals surface area contributed by atoms with E-state index < -0.39 is 0 Å². The molecule has 0 saturated heterocycles. The van der Waals surface area contributed by atoms with Crippen molar-refractivity contribution in [2.45, 2.75) is 31.5 Å². The van der Waals surface area contributed by atoms with E-state index in [1.165, 1.54) is 11.8 Å². The van der Waals surface area contributed by atoms with Crippen LogP contribution in [0.2, 0.25) is 0 Å². The fourth-order valence-electron chi connectivity index (χ4n) is 3.14. The highest BCUT2D eigenvalue weighted by Crippen LogP contribution is 2.20. The smallest absolute Gasteiger partial charge is 0.234 e. The summed E-state index contributed by atoms with van der Waals surface area (Å²) in [6.07, 6.45) is 0.257. The van der Waals surface area contributed by atoms with Crippen LogP contribution in [0.3, 0.4) is 0 Å². The minimum Gasteiger partial charge on any atom is -0.497 e. The van der Waals surface area contributed by atoms with Crippen LogP contribution in [0.25, 0.3) is 0 Å². The fraction of sp³-hybridized carbons (Fsp3) is 0.304. The van der Waals surface area contributed by atoms with Crippen molar-refractivity contribution in [1.82, 2.24) is 20.1 Å². The Bertz CT molecular complexity index is 1080. The van der Waals surface area contributed by atoms with Gasteiger partial charge in [0.1, 0.15) is 5.75 Å². The number of amides is 2. The molecule has 32 heavy (non-hydrogen) atoms. The Balaban J connectivity index is 1.53. The summed E-state index contributed by atoms with van der Waals surface area (Å²) >= 11 is 1.30. The van der Waals surface area contributed by atoms with Gasteiger partial charge in [0.2, 0.25) is 11.8 Å². The Morgan fingerprint density at radius 1 is 1.09 bits per heavy atom.